The zero-order valence-corrected chi connectivity index (χ0v) is 12.9. The van der Waals surface area contributed by atoms with E-state index in [1.54, 1.807) is 0 Å². The molecule has 0 saturated heterocycles. The van der Waals surface area contributed by atoms with Crippen LogP contribution >= 0.6 is 11.6 Å². The number of carboxylic acid groups (broad SMARTS) is 1. The summed E-state index contributed by atoms with van der Waals surface area (Å²) in [5.74, 6) is -1.74. The fourth-order valence-electron chi connectivity index (χ4n) is 1.76. The van der Waals surface area contributed by atoms with E-state index in [2.05, 4.69) is 4.72 Å². The molecule has 0 aliphatic rings. The van der Waals surface area contributed by atoms with Crippen LogP contribution in [0.25, 0.3) is 0 Å². The second-order valence-corrected chi connectivity index (χ2v) is 6.58. The molecule has 0 saturated carbocycles. The molecule has 0 radical (unpaired) electrons. The minimum Gasteiger partial charge on any atom is -0.478 e. The van der Waals surface area contributed by atoms with Crippen LogP contribution in [-0.4, -0.2) is 19.5 Å². The van der Waals surface area contributed by atoms with Gasteiger partial charge in [-0.2, -0.15) is 0 Å². The Morgan fingerprint density at radius 3 is 2.50 bits per heavy atom. The first-order valence-electron chi connectivity index (χ1n) is 6.02. The SMILES string of the molecule is Cc1cc(NS(=O)(=O)c2cc(C(=O)O)ccc2Cl)ccc1F. The summed E-state index contributed by atoms with van der Waals surface area (Å²) in [6.45, 7) is 1.49. The molecule has 0 amide bonds. The molecular weight excluding hydrogens is 333 g/mol. The van der Waals surface area contributed by atoms with Crippen molar-refractivity contribution in [2.45, 2.75) is 11.8 Å². The Bertz CT molecular complexity index is 852. The molecule has 2 aromatic carbocycles. The number of rotatable bonds is 4. The molecule has 0 aromatic heterocycles. The molecule has 0 atom stereocenters. The van der Waals surface area contributed by atoms with Crippen LogP contribution in [0.2, 0.25) is 5.02 Å². The molecule has 0 spiro atoms. The first kappa shape index (κ1) is 16.3. The number of anilines is 1. The Labute approximate surface area is 131 Å². The van der Waals surface area contributed by atoms with Crippen molar-refractivity contribution in [1.29, 1.82) is 0 Å². The van der Waals surface area contributed by atoms with Gasteiger partial charge in [-0.3, -0.25) is 4.72 Å². The van der Waals surface area contributed by atoms with Gasteiger partial charge < -0.3 is 5.11 Å². The number of aromatic carboxylic acids is 1. The van der Waals surface area contributed by atoms with Crippen molar-refractivity contribution in [2.24, 2.45) is 0 Å². The number of aryl methyl sites for hydroxylation is 1. The van der Waals surface area contributed by atoms with E-state index in [1.165, 1.54) is 31.2 Å². The lowest BCUT2D eigenvalue weighted by Gasteiger charge is -2.11. The van der Waals surface area contributed by atoms with E-state index in [9.17, 15) is 17.6 Å². The zero-order valence-electron chi connectivity index (χ0n) is 11.3. The van der Waals surface area contributed by atoms with E-state index in [4.69, 9.17) is 16.7 Å². The molecule has 116 valence electrons. The topological polar surface area (TPSA) is 83.5 Å². The van der Waals surface area contributed by atoms with Crippen LogP contribution in [0.15, 0.2) is 41.3 Å². The molecule has 2 aromatic rings. The third kappa shape index (κ3) is 3.37. The third-order valence-electron chi connectivity index (χ3n) is 2.88. The van der Waals surface area contributed by atoms with Crippen molar-refractivity contribution >= 4 is 33.3 Å². The van der Waals surface area contributed by atoms with Crippen LogP contribution in [0.3, 0.4) is 0 Å². The maximum Gasteiger partial charge on any atom is 0.335 e. The van der Waals surface area contributed by atoms with Gasteiger partial charge in [-0.25, -0.2) is 17.6 Å². The normalized spacial score (nSPS) is 11.2. The lowest BCUT2D eigenvalue weighted by molar-refractivity contribution is 0.0696. The van der Waals surface area contributed by atoms with E-state index in [-0.39, 0.29) is 26.7 Å². The Morgan fingerprint density at radius 1 is 1.23 bits per heavy atom. The molecule has 2 N–H and O–H groups in total. The molecule has 22 heavy (non-hydrogen) atoms. The van der Waals surface area contributed by atoms with E-state index in [1.807, 2.05) is 0 Å². The third-order valence-corrected chi connectivity index (χ3v) is 4.74. The van der Waals surface area contributed by atoms with Crippen molar-refractivity contribution in [2.75, 3.05) is 4.72 Å². The first-order valence-corrected chi connectivity index (χ1v) is 7.88. The van der Waals surface area contributed by atoms with Gasteiger partial charge in [0.1, 0.15) is 10.7 Å². The number of carbonyl (C=O) groups is 1. The molecule has 0 aliphatic carbocycles. The maximum atomic E-state index is 13.2. The fourth-order valence-corrected chi connectivity index (χ4v) is 3.34. The predicted molar refractivity (Wildman–Crippen MR) is 80.4 cm³/mol. The van der Waals surface area contributed by atoms with Gasteiger partial charge in [0.15, 0.2) is 0 Å². The lowest BCUT2D eigenvalue weighted by Crippen LogP contribution is -2.14. The fraction of sp³-hybridized carbons (Fsp3) is 0.0714. The summed E-state index contributed by atoms with van der Waals surface area (Å²) in [7, 11) is -4.10. The number of hydrogen-bond donors (Lipinski definition) is 2. The molecule has 0 unspecified atom stereocenters. The van der Waals surface area contributed by atoms with Crippen LogP contribution in [0.1, 0.15) is 15.9 Å². The van der Waals surface area contributed by atoms with Gasteiger partial charge in [0.2, 0.25) is 0 Å². The predicted octanol–water partition coefficient (Wildman–Crippen LogP) is 3.29. The van der Waals surface area contributed by atoms with E-state index < -0.39 is 21.8 Å². The first-order chi connectivity index (χ1) is 10.2. The van der Waals surface area contributed by atoms with Gasteiger partial charge in [-0.1, -0.05) is 11.6 Å². The second-order valence-electron chi connectivity index (χ2n) is 4.52. The minimum absolute atomic E-state index is 0.115. The average molecular weight is 344 g/mol. The van der Waals surface area contributed by atoms with Gasteiger partial charge >= 0.3 is 5.97 Å². The van der Waals surface area contributed by atoms with E-state index in [0.717, 1.165) is 12.1 Å². The summed E-state index contributed by atoms with van der Waals surface area (Å²) in [5.41, 5.74) is 0.210. The number of halogens is 2. The van der Waals surface area contributed by atoms with Crippen LogP contribution < -0.4 is 4.72 Å². The molecule has 2 rings (SSSR count). The second kappa shape index (κ2) is 5.94. The van der Waals surface area contributed by atoms with E-state index >= 15 is 0 Å². The summed E-state index contributed by atoms with van der Waals surface area (Å²) < 4.78 is 40.1. The Morgan fingerprint density at radius 2 is 1.91 bits per heavy atom. The summed E-state index contributed by atoms with van der Waals surface area (Å²) in [5, 5.41) is 8.81. The van der Waals surface area contributed by atoms with Crippen molar-refractivity contribution in [3.63, 3.8) is 0 Å². The standard InChI is InChI=1S/C14H11ClFNO4S/c1-8-6-10(3-5-12(8)16)17-22(20,21)13-7-9(14(18)19)2-4-11(13)15/h2-7,17H,1H3,(H,18,19). The maximum absolute atomic E-state index is 13.2. The highest BCUT2D eigenvalue weighted by molar-refractivity contribution is 7.92. The summed E-state index contributed by atoms with van der Waals surface area (Å²) >= 11 is 5.84. The Kier molecular flexibility index (Phi) is 4.39. The van der Waals surface area contributed by atoms with Crippen molar-refractivity contribution in [3.05, 3.63) is 58.4 Å². The summed E-state index contributed by atoms with van der Waals surface area (Å²) in [4.78, 5) is 10.6. The zero-order chi connectivity index (χ0) is 16.5. The largest absolute Gasteiger partial charge is 0.478 e. The molecule has 0 aliphatic heterocycles. The Hall–Kier alpha value is -2.12. The Balaban J connectivity index is 2.44. The highest BCUT2D eigenvalue weighted by Crippen LogP contribution is 2.25. The number of nitrogens with one attached hydrogen (secondary N) is 1. The molecule has 0 bridgehead atoms. The quantitative estimate of drug-likeness (QED) is 0.892. The molecule has 5 nitrogen and oxygen atoms in total. The van der Waals surface area contributed by atoms with Crippen LogP contribution in [0.4, 0.5) is 10.1 Å². The van der Waals surface area contributed by atoms with Gasteiger partial charge in [0.05, 0.1) is 10.6 Å². The monoisotopic (exact) mass is 343 g/mol. The van der Waals surface area contributed by atoms with Crippen LogP contribution in [-0.2, 0) is 10.0 Å². The molecular formula is C14H11ClFNO4S. The minimum atomic E-state index is -4.10. The highest BCUT2D eigenvalue weighted by Gasteiger charge is 2.20. The van der Waals surface area contributed by atoms with E-state index in [0.29, 0.717) is 0 Å². The van der Waals surface area contributed by atoms with Crippen molar-refractivity contribution in [1.82, 2.24) is 0 Å². The van der Waals surface area contributed by atoms with Gasteiger partial charge in [0.25, 0.3) is 10.0 Å². The number of carboxylic acids is 1. The summed E-state index contributed by atoms with van der Waals surface area (Å²) in [6, 6.07) is 7.06. The van der Waals surface area contributed by atoms with Crippen molar-refractivity contribution in [3.8, 4) is 0 Å². The van der Waals surface area contributed by atoms with Crippen LogP contribution in [0.5, 0.6) is 0 Å². The number of benzene rings is 2. The number of hydrogen-bond acceptors (Lipinski definition) is 3. The van der Waals surface area contributed by atoms with Gasteiger partial charge in [0, 0.05) is 5.69 Å². The van der Waals surface area contributed by atoms with Crippen molar-refractivity contribution < 1.29 is 22.7 Å². The molecule has 0 heterocycles. The van der Waals surface area contributed by atoms with Gasteiger partial charge in [-0.05, 0) is 48.9 Å². The molecule has 8 heteroatoms. The van der Waals surface area contributed by atoms with Gasteiger partial charge in [-0.15, -0.1) is 0 Å². The average Bonchev–Trinajstić information content (AvgIpc) is 2.42. The smallest absolute Gasteiger partial charge is 0.335 e. The lowest BCUT2D eigenvalue weighted by atomic mass is 10.2. The summed E-state index contributed by atoms with van der Waals surface area (Å²) in [6.07, 6.45) is 0. The molecule has 0 fully saturated rings. The number of sulfonamides is 1. The van der Waals surface area contributed by atoms with Crippen LogP contribution in [0, 0.1) is 12.7 Å². The highest BCUT2D eigenvalue weighted by atomic mass is 35.5.